The van der Waals surface area contributed by atoms with E-state index in [1.807, 2.05) is 30.3 Å². The van der Waals surface area contributed by atoms with Gasteiger partial charge in [0.2, 0.25) is 0 Å². The number of rotatable bonds is 6. The lowest BCUT2D eigenvalue weighted by Gasteiger charge is -2.22. The number of ketones is 1. The molecule has 7 nitrogen and oxygen atoms in total. The van der Waals surface area contributed by atoms with E-state index < -0.39 is 6.10 Å². The van der Waals surface area contributed by atoms with Gasteiger partial charge >= 0.3 is 0 Å². The minimum atomic E-state index is -0.455. The van der Waals surface area contributed by atoms with Gasteiger partial charge in [-0.15, -0.1) is 0 Å². The second kappa shape index (κ2) is 8.46. The predicted octanol–water partition coefficient (Wildman–Crippen LogP) is 2.49. The first-order valence-electron chi connectivity index (χ1n) is 9.46. The van der Waals surface area contributed by atoms with Crippen LogP contribution in [0.3, 0.4) is 0 Å². The zero-order valence-corrected chi connectivity index (χ0v) is 15.7. The maximum Gasteiger partial charge on any atom is 0.197 e. The lowest BCUT2D eigenvalue weighted by Crippen LogP contribution is -2.43. The number of aromatic hydroxyl groups is 1. The number of fused-ring (bicyclic) bond motifs is 1. The van der Waals surface area contributed by atoms with Crippen molar-refractivity contribution in [3.63, 3.8) is 0 Å². The average molecular weight is 395 g/mol. The van der Waals surface area contributed by atoms with Gasteiger partial charge in [-0.25, -0.2) is 0 Å². The molecular weight excluding hydrogens is 374 g/mol. The van der Waals surface area contributed by atoms with Crippen LogP contribution in [0.2, 0.25) is 0 Å². The Labute approximate surface area is 166 Å². The highest BCUT2D eigenvalue weighted by Crippen LogP contribution is 2.31. The molecule has 0 aliphatic carbocycles. The van der Waals surface area contributed by atoms with Crippen LogP contribution in [0.15, 0.2) is 57.7 Å². The minimum absolute atomic E-state index is 0.0416. The van der Waals surface area contributed by atoms with Crippen LogP contribution in [0.4, 0.5) is 0 Å². The van der Waals surface area contributed by atoms with Gasteiger partial charge in [0.25, 0.3) is 0 Å². The summed E-state index contributed by atoms with van der Waals surface area (Å²) in [7, 11) is 0. The summed E-state index contributed by atoms with van der Waals surface area (Å²) in [5.74, 6) is 0.452. The highest BCUT2D eigenvalue weighted by atomic mass is 16.5. The molecule has 2 aromatic carbocycles. The molecule has 0 amide bonds. The summed E-state index contributed by atoms with van der Waals surface area (Å²) in [6.45, 7) is 1.89. The number of carbonyl (C=O) groups excluding carboxylic acids is 1. The van der Waals surface area contributed by atoms with Crippen LogP contribution in [-0.4, -0.2) is 43.3 Å². The van der Waals surface area contributed by atoms with E-state index in [1.54, 1.807) is 6.07 Å². The molecule has 7 heteroatoms. The maximum absolute atomic E-state index is 12.5. The van der Waals surface area contributed by atoms with Crippen molar-refractivity contribution in [2.24, 2.45) is 0 Å². The van der Waals surface area contributed by atoms with E-state index in [0.717, 1.165) is 12.1 Å². The van der Waals surface area contributed by atoms with E-state index >= 15 is 0 Å². The number of benzene rings is 2. The Morgan fingerprint density at radius 3 is 2.79 bits per heavy atom. The number of nitrogens with one attached hydrogen (secondary N) is 1. The van der Waals surface area contributed by atoms with Crippen molar-refractivity contribution in [3.8, 4) is 22.8 Å². The van der Waals surface area contributed by atoms with Gasteiger partial charge in [0.05, 0.1) is 13.2 Å². The number of Topliss-reactive ketones (excluding diaryl/α,β-unsaturated/α-hetero) is 1. The topological polar surface area (TPSA) is 98.0 Å². The number of phenols is 1. The quantitative estimate of drug-likeness (QED) is 0.662. The third kappa shape index (κ3) is 4.31. The molecule has 2 heterocycles. The molecule has 2 N–H and O–H groups in total. The van der Waals surface area contributed by atoms with E-state index in [9.17, 15) is 14.7 Å². The van der Waals surface area contributed by atoms with Gasteiger partial charge in [-0.3, -0.25) is 9.59 Å². The summed E-state index contributed by atoms with van der Waals surface area (Å²) in [5.41, 5.74) is 0.632. The minimum Gasteiger partial charge on any atom is -0.507 e. The van der Waals surface area contributed by atoms with Gasteiger partial charge in [0, 0.05) is 43.3 Å². The molecule has 150 valence electrons. The number of carbonyl (C=O) groups is 1. The van der Waals surface area contributed by atoms with Crippen LogP contribution in [0, 0.1) is 0 Å². The molecule has 1 aliphatic heterocycles. The molecule has 1 aromatic heterocycles. The van der Waals surface area contributed by atoms with Gasteiger partial charge in [-0.1, -0.05) is 30.3 Å². The van der Waals surface area contributed by atoms with Gasteiger partial charge in [-0.05, 0) is 0 Å². The van der Waals surface area contributed by atoms with E-state index in [0.29, 0.717) is 24.7 Å². The third-order valence-electron chi connectivity index (χ3n) is 4.75. The summed E-state index contributed by atoms with van der Waals surface area (Å²) in [6, 6.07) is 13.5. The van der Waals surface area contributed by atoms with Crippen molar-refractivity contribution in [2.45, 2.75) is 12.5 Å². The number of ether oxygens (including phenoxy) is 2. The highest BCUT2D eigenvalue weighted by molar-refractivity contribution is 5.86. The van der Waals surface area contributed by atoms with Crippen LogP contribution in [0.1, 0.15) is 6.42 Å². The zero-order chi connectivity index (χ0) is 20.2. The Kier molecular flexibility index (Phi) is 5.59. The largest absolute Gasteiger partial charge is 0.507 e. The summed E-state index contributed by atoms with van der Waals surface area (Å²) in [4.78, 5) is 24.6. The van der Waals surface area contributed by atoms with E-state index in [2.05, 4.69) is 5.32 Å². The number of morpholine rings is 1. The van der Waals surface area contributed by atoms with Crippen LogP contribution in [0.5, 0.6) is 11.5 Å². The van der Waals surface area contributed by atoms with Gasteiger partial charge in [0.1, 0.15) is 34.3 Å². The van der Waals surface area contributed by atoms with E-state index in [4.69, 9.17) is 13.9 Å². The SMILES string of the molecule is O=C(CCOc1cc(O)c2c(=O)cc(-c3ccccc3)oc2c1)C1CNCCO1. The third-order valence-corrected chi connectivity index (χ3v) is 4.75. The number of hydrogen-bond donors (Lipinski definition) is 2. The lowest BCUT2D eigenvalue weighted by molar-refractivity contribution is -0.132. The molecule has 1 fully saturated rings. The first-order valence-corrected chi connectivity index (χ1v) is 9.46. The second-order valence-corrected chi connectivity index (χ2v) is 6.78. The molecule has 29 heavy (non-hydrogen) atoms. The first kappa shape index (κ1) is 19.2. The van der Waals surface area contributed by atoms with Crippen LogP contribution in [0.25, 0.3) is 22.3 Å². The van der Waals surface area contributed by atoms with Crippen molar-refractivity contribution < 1.29 is 23.8 Å². The fraction of sp³-hybridized carbons (Fsp3) is 0.273. The maximum atomic E-state index is 12.5. The molecule has 1 saturated heterocycles. The normalized spacial score (nSPS) is 16.6. The van der Waals surface area contributed by atoms with Crippen molar-refractivity contribution in [3.05, 3.63) is 58.8 Å². The van der Waals surface area contributed by atoms with E-state index in [1.165, 1.54) is 12.1 Å². The molecule has 0 bridgehead atoms. The van der Waals surface area contributed by atoms with Gasteiger partial charge in [-0.2, -0.15) is 0 Å². The molecule has 3 aromatic rings. The molecule has 1 aliphatic rings. The average Bonchev–Trinajstić information content (AvgIpc) is 2.74. The Hall–Kier alpha value is -3.16. The van der Waals surface area contributed by atoms with Crippen LogP contribution in [-0.2, 0) is 9.53 Å². The molecule has 1 unspecified atom stereocenters. The molecule has 4 rings (SSSR count). The fourth-order valence-corrected chi connectivity index (χ4v) is 3.27. The van der Waals surface area contributed by atoms with Gasteiger partial charge < -0.3 is 24.3 Å². The molecular formula is C22H21NO6. The van der Waals surface area contributed by atoms with Crippen LogP contribution >= 0.6 is 0 Å². The Bertz CT molecular complexity index is 1070. The van der Waals surface area contributed by atoms with Crippen molar-refractivity contribution in [2.75, 3.05) is 26.3 Å². The number of hydrogen-bond acceptors (Lipinski definition) is 7. The fourth-order valence-electron chi connectivity index (χ4n) is 3.27. The highest BCUT2D eigenvalue weighted by Gasteiger charge is 2.21. The Balaban J connectivity index is 1.53. The molecule has 0 spiro atoms. The lowest BCUT2D eigenvalue weighted by atomic mass is 10.1. The first-order chi connectivity index (χ1) is 14.1. The molecule has 0 radical (unpaired) electrons. The van der Waals surface area contributed by atoms with Gasteiger partial charge in [0.15, 0.2) is 11.2 Å². The Morgan fingerprint density at radius 2 is 2.03 bits per heavy atom. The predicted molar refractivity (Wildman–Crippen MR) is 107 cm³/mol. The standard InChI is InChI=1S/C22H21NO6/c24-16(21-13-23-7-9-28-21)6-8-27-15-10-17(25)22-18(26)12-19(29-20(22)11-15)14-4-2-1-3-5-14/h1-5,10-12,21,23,25H,6-9,13H2. The summed E-state index contributed by atoms with van der Waals surface area (Å²) in [6.07, 6.45) is -0.275. The monoisotopic (exact) mass is 395 g/mol. The number of phenolic OH excluding ortho intramolecular Hbond substituents is 1. The van der Waals surface area contributed by atoms with E-state index in [-0.39, 0.29) is 41.0 Å². The van der Waals surface area contributed by atoms with Crippen LogP contribution < -0.4 is 15.5 Å². The van der Waals surface area contributed by atoms with Crippen molar-refractivity contribution in [1.82, 2.24) is 5.32 Å². The second-order valence-electron chi connectivity index (χ2n) is 6.78. The summed E-state index contributed by atoms with van der Waals surface area (Å²) < 4.78 is 16.9. The summed E-state index contributed by atoms with van der Waals surface area (Å²) >= 11 is 0. The van der Waals surface area contributed by atoms with Crippen molar-refractivity contribution >= 4 is 16.8 Å². The van der Waals surface area contributed by atoms with Crippen molar-refractivity contribution in [1.29, 1.82) is 0 Å². The molecule has 0 saturated carbocycles. The summed E-state index contributed by atoms with van der Waals surface area (Å²) in [5, 5.41) is 13.5. The molecule has 1 atom stereocenters. The Morgan fingerprint density at radius 1 is 1.21 bits per heavy atom. The zero-order valence-electron chi connectivity index (χ0n) is 15.7. The smallest absolute Gasteiger partial charge is 0.197 e.